The van der Waals surface area contributed by atoms with Crippen LogP contribution in [0.3, 0.4) is 0 Å². The first-order chi connectivity index (χ1) is 12.0. The molecule has 0 unspecified atom stereocenters. The number of aliphatic carboxylic acids is 1. The Labute approximate surface area is 146 Å². The van der Waals surface area contributed by atoms with Gasteiger partial charge in [-0.2, -0.15) is 0 Å². The van der Waals surface area contributed by atoms with E-state index in [1.165, 1.54) is 11.0 Å². The Morgan fingerprint density at radius 1 is 1.24 bits per heavy atom. The zero-order valence-electron chi connectivity index (χ0n) is 14.1. The minimum absolute atomic E-state index is 0.127. The average Bonchev–Trinajstić information content (AvgIpc) is 2.64. The number of carbonyl (C=O) groups excluding carboxylic acids is 2. The highest BCUT2D eigenvalue weighted by Gasteiger charge is 2.26. The largest absolute Gasteiger partial charge is 0.480 e. The molecule has 0 aromatic heterocycles. The van der Waals surface area contributed by atoms with Crippen molar-refractivity contribution in [3.8, 4) is 0 Å². The summed E-state index contributed by atoms with van der Waals surface area (Å²) < 4.78 is 5.27. The van der Waals surface area contributed by atoms with Crippen LogP contribution < -0.4 is 5.32 Å². The molecule has 7 nitrogen and oxygen atoms in total. The van der Waals surface area contributed by atoms with Crippen molar-refractivity contribution in [1.82, 2.24) is 10.2 Å². The molecule has 1 aromatic rings. The standard InChI is InChI=1S/C18H22N2O5/c1-19-18(24)14-5-2-13(3-6-14)4-7-16(21)20(12-17(22)23)15-8-10-25-11-9-15/h2-7,15H,8-12H2,1H3,(H,19,24)(H,22,23)/b7-4+. The lowest BCUT2D eigenvalue weighted by Crippen LogP contribution is -2.45. The zero-order valence-corrected chi connectivity index (χ0v) is 14.1. The van der Waals surface area contributed by atoms with Crippen molar-refractivity contribution in [2.45, 2.75) is 18.9 Å². The molecule has 1 aromatic carbocycles. The van der Waals surface area contributed by atoms with Crippen molar-refractivity contribution >= 4 is 23.9 Å². The molecule has 0 aliphatic carbocycles. The molecule has 1 aliphatic rings. The van der Waals surface area contributed by atoms with E-state index in [1.807, 2.05) is 0 Å². The molecular weight excluding hydrogens is 324 g/mol. The Balaban J connectivity index is 2.06. The second kappa shape index (κ2) is 8.98. The minimum Gasteiger partial charge on any atom is -0.480 e. The van der Waals surface area contributed by atoms with Gasteiger partial charge in [0.05, 0.1) is 0 Å². The van der Waals surface area contributed by atoms with Crippen LogP contribution in [0.4, 0.5) is 0 Å². The summed E-state index contributed by atoms with van der Waals surface area (Å²) >= 11 is 0. The molecular formula is C18H22N2O5. The van der Waals surface area contributed by atoms with Gasteiger partial charge in [-0.25, -0.2) is 0 Å². The van der Waals surface area contributed by atoms with Gasteiger partial charge in [0, 0.05) is 37.9 Å². The van der Waals surface area contributed by atoms with Crippen LogP contribution in [0.15, 0.2) is 30.3 Å². The van der Waals surface area contributed by atoms with E-state index < -0.39 is 5.97 Å². The van der Waals surface area contributed by atoms with Crippen LogP contribution in [0.5, 0.6) is 0 Å². The third kappa shape index (κ3) is 5.42. The number of nitrogens with one attached hydrogen (secondary N) is 1. The summed E-state index contributed by atoms with van der Waals surface area (Å²) in [7, 11) is 1.56. The van der Waals surface area contributed by atoms with E-state index in [4.69, 9.17) is 9.84 Å². The van der Waals surface area contributed by atoms with Gasteiger partial charge in [0.2, 0.25) is 5.91 Å². The second-order valence-electron chi connectivity index (χ2n) is 5.74. The van der Waals surface area contributed by atoms with Crippen molar-refractivity contribution in [2.75, 3.05) is 26.8 Å². The molecule has 25 heavy (non-hydrogen) atoms. The summed E-state index contributed by atoms with van der Waals surface area (Å²) in [6, 6.07) is 6.65. The molecule has 0 bridgehead atoms. The molecule has 0 radical (unpaired) electrons. The van der Waals surface area contributed by atoms with Crippen molar-refractivity contribution in [2.24, 2.45) is 0 Å². The number of rotatable bonds is 6. The SMILES string of the molecule is CNC(=O)c1ccc(/C=C/C(=O)N(CC(=O)O)C2CCOCC2)cc1. The summed E-state index contributed by atoms with van der Waals surface area (Å²) in [5.41, 5.74) is 1.28. The molecule has 2 N–H and O–H groups in total. The molecule has 0 spiro atoms. The van der Waals surface area contributed by atoms with Crippen LogP contribution >= 0.6 is 0 Å². The number of nitrogens with zero attached hydrogens (tertiary/aromatic N) is 1. The smallest absolute Gasteiger partial charge is 0.323 e. The average molecular weight is 346 g/mol. The molecule has 1 aliphatic heterocycles. The Morgan fingerprint density at radius 2 is 1.88 bits per heavy atom. The molecule has 134 valence electrons. The summed E-state index contributed by atoms with van der Waals surface area (Å²) in [6.45, 7) is 0.723. The van der Waals surface area contributed by atoms with Crippen molar-refractivity contribution in [3.05, 3.63) is 41.5 Å². The molecule has 1 saturated heterocycles. The fraction of sp³-hybridized carbons (Fsp3) is 0.389. The van der Waals surface area contributed by atoms with Gasteiger partial charge in [-0.3, -0.25) is 14.4 Å². The van der Waals surface area contributed by atoms with Gasteiger partial charge in [-0.15, -0.1) is 0 Å². The Kier molecular flexibility index (Phi) is 6.71. The molecule has 1 fully saturated rings. The Bertz CT molecular complexity index is 648. The highest BCUT2D eigenvalue weighted by molar-refractivity contribution is 5.95. The molecule has 0 saturated carbocycles. The maximum absolute atomic E-state index is 12.4. The maximum Gasteiger partial charge on any atom is 0.323 e. The predicted octanol–water partition coefficient (Wildman–Crippen LogP) is 1.15. The van der Waals surface area contributed by atoms with Gasteiger partial charge in [0.25, 0.3) is 5.91 Å². The second-order valence-corrected chi connectivity index (χ2v) is 5.74. The van der Waals surface area contributed by atoms with E-state index >= 15 is 0 Å². The normalized spacial score (nSPS) is 15.1. The Hall–Kier alpha value is -2.67. The van der Waals surface area contributed by atoms with Gasteiger partial charge >= 0.3 is 5.97 Å². The zero-order chi connectivity index (χ0) is 18.2. The topological polar surface area (TPSA) is 95.9 Å². The summed E-state index contributed by atoms with van der Waals surface area (Å²) in [4.78, 5) is 36.4. The van der Waals surface area contributed by atoms with Crippen molar-refractivity contribution in [1.29, 1.82) is 0 Å². The van der Waals surface area contributed by atoms with Gasteiger partial charge in [-0.1, -0.05) is 12.1 Å². The van der Waals surface area contributed by atoms with E-state index in [9.17, 15) is 14.4 Å². The van der Waals surface area contributed by atoms with Crippen molar-refractivity contribution in [3.63, 3.8) is 0 Å². The highest BCUT2D eigenvalue weighted by atomic mass is 16.5. The lowest BCUT2D eigenvalue weighted by molar-refractivity contribution is -0.145. The van der Waals surface area contributed by atoms with E-state index in [-0.39, 0.29) is 24.4 Å². The molecule has 2 rings (SSSR count). The summed E-state index contributed by atoms with van der Waals surface area (Å²) in [5.74, 6) is -1.56. The first-order valence-corrected chi connectivity index (χ1v) is 8.11. The van der Waals surface area contributed by atoms with Crippen LogP contribution in [0.2, 0.25) is 0 Å². The van der Waals surface area contributed by atoms with Crippen LogP contribution in [-0.2, 0) is 14.3 Å². The van der Waals surface area contributed by atoms with Gasteiger partial charge in [0.1, 0.15) is 6.54 Å². The van der Waals surface area contributed by atoms with Crippen LogP contribution in [-0.4, -0.2) is 60.6 Å². The molecule has 0 atom stereocenters. The van der Waals surface area contributed by atoms with E-state index in [1.54, 1.807) is 37.4 Å². The lowest BCUT2D eigenvalue weighted by atomic mass is 10.1. The fourth-order valence-corrected chi connectivity index (χ4v) is 2.68. The Morgan fingerprint density at radius 3 is 2.44 bits per heavy atom. The van der Waals surface area contributed by atoms with Crippen molar-refractivity contribution < 1.29 is 24.2 Å². The van der Waals surface area contributed by atoms with Gasteiger partial charge in [0.15, 0.2) is 0 Å². The van der Waals surface area contributed by atoms with E-state index in [0.717, 1.165) is 5.56 Å². The third-order valence-corrected chi connectivity index (χ3v) is 4.04. The number of carboxylic acids is 1. The number of hydrogen-bond donors (Lipinski definition) is 2. The minimum atomic E-state index is -1.04. The molecule has 1 heterocycles. The first-order valence-electron chi connectivity index (χ1n) is 8.11. The number of hydrogen-bond acceptors (Lipinski definition) is 4. The first kappa shape index (κ1) is 18.7. The summed E-state index contributed by atoms with van der Waals surface area (Å²) in [6.07, 6.45) is 4.25. The lowest BCUT2D eigenvalue weighted by Gasteiger charge is -2.32. The van der Waals surface area contributed by atoms with Gasteiger partial charge < -0.3 is 20.1 Å². The van der Waals surface area contributed by atoms with Crippen LogP contribution in [0.1, 0.15) is 28.8 Å². The monoisotopic (exact) mass is 346 g/mol. The number of benzene rings is 1. The van der Waals surface area contributed by atoms with Crippen LogP contribution in [0, 0.1) is 0 Å². The third-order valence-electron chi connectivity index (χ3n) is 4.04. The quantitative estimate of drug-likeness (QED) is 0.754. The maximum atomic E-state index is 12.4. The van der Waals surface area contributed by atoms with E-state index in [2.05, 4.69) is 5.32 Å². The predicted molar refractivity (Wildman–Crippen MR) is 92.1 cm³/mol. The summed E-state index contributed by atoms with van der Waals surface area (Å²) in [5, 5.41) is 11.6. The van der Waals surface area contributed by atoms with Crippen LogP contribution in [0.25, 0.3) is 6.08 Å². The highest BCUT2D eigenvalue weighted by Crippen LogP contribution is 2.15. The number of carbonyl (C=O) groups is 3. The molecule has 2 amide bonds. The van der Waals surface area contributed by atoms with E-state index in [0.29, 0.717) is 31.6 Å². The van der Waals surface area contributed by atoms with Gasteiger partial charge in [-0.05, 0) is 36.6 Å². The fourth-order valence-electron chi connectivity index (χ4n) is 2.68. The number of amides is 2. The number of ether oxygens (including phenoxy) is 1. The molecule has 7 heteroatoms. The number of carboxylic acid groups (broad SMARTS) is 1.